The lowest BCUT2D eigenvalue weighted by molar-refractivity contribution is 0.186. The van der Waals surface area contributed by atoms with Crippen LogP contribution >= 0.6 is 0 Å². The van der Waals surface area contributed by atoms with Crippen molar-refractivity contribution in [2.45, 2.75) is 31.7 Å². The number of nitrogens with two attached hydrogens (primary N) is 1. The molecule has 0 radical (unpaired) electrons. The van der Waals surface area contributed by atoms with Crippen molar-refractivity contribution in [3.63, 3.8) is 0 Å². The molecule has 7 nitrogen and oxygen atoms in total. The second kappa shape index (κ2) is 8.40. The number of nitrogens with zero attached hydrogens (tertiary/aromatic N) is 4. The summed E-state index contributed by atoms with van der Waals surface area (Å²) in [7, 11) is 1.78. The molecule has 3 N–H and O–H groups in total. The maximum absolute atomic E-state index is 13.0. The molecule has 1 aliphatic heterocycles. The normalized spacial score (nSPS) is 18.5. The zero-order valence-electron chi connectivity index (χ0n) is 19.8. The number of H-pyrrole nitrogens is 1. The number of aromatic amines is 1. The maximum atomic E-state index is 13.0. The minimum atomic E-state index is -0.114. The molecule has 2 aliphatic rings. The van der Waals surface area contributed by atoms with E-state index in [2.05, 4.69) is 56.2 Å². The molecule has 0 saturated carbocycles. The number of hydrogen-bond acceptors (Lipinski definition) is 5. The van der Waals surface area contributed by atoms with Crippen LogP contribution in [0.1, 0.15) is 41.1 Å². The molecule has 1 aliphatic carbocycles. The third-order valence-electron chi connectivity index (χ3n) is 7.80. The fraction of sp³-hybridized carbons (Fsp3) is 0.321. The Balaban J connectivity index is 1.16. The Morgan fingerprint density at radius 2 is 2.00 bits per heavy atom. The molecule has 0 amide bonds. The van der Waals surface area contributed by atoms with Gasteiger partial charge in [0.2, 0.25) is 5.95 Å². The van der Waals surface area contributed by atoms with Crippen LogP contribution in [0.25, 0.3) is 10.9 Å². The molecule has 35 heavy (non-hydrogen) atoms. The fourth-order valence-electron chi connectivity index (χ4n) is 5.71. The van der Waals surface area contributed by atoms with E-state index in [0.29, 0.717) is 17.9 Å². The van der Waals surface area contributed by atoms with E-state index in [1.807, 2.05) is 18.2 Å². The van der Waals surface area contributed by atoms with Gasteiger partial charge >= 0.3 is 0 Å². The molecule has 176 valence electrons. The largest absolute Gasteiger partial charge is 0.342 e. The van der Waals surface area contributed by atoms with Gasteiger partial charge in [-0.2, -0.15) is 5.10 Å². The van der Waals surface area contributed by atoms with Crippen molar-refractivity contribution in [1.82, 2.24) is 19.7 Å². The average Bonchev–Trinajstić information content (AvgIpc) is 3.45. The minimum absolute atomic E-state index is 0.0734. The molecule has 2 aromatic heterocycles. The molecular weight excluding hydrogens is 436 g/mol. The first-order chi connectivity index (χ1) is 17.0. The van der Waals surface area contributed by atoms with Gasteiger partial charge in [-0.15, -0.1) is 0 Å². The van der Waals surface area contributed by atoms with Gasteiger partial charge in [0, 0.05) is 38.0 Å². The van der Waals surface area contributed by atoms with Crippen LogP contribution in [0.4, 0.5) is 5.95 Å². The van der Waals surface area contributed by atoms with Crippen molar-refractivity contribution < 1.29 is 0 Å². The lowest BCUT2D eigenvalue weighted by Gasteiger charge is -2.42. The van der Waals surface area contributed by atoms with E-state index in [0.717, 1.165) is 48.8 Å². The summed E-state index contributed by atoms with van der Waals surface area (Å²) in [6.45, 7) is 1.67. The van der Waals surface area contributed by atoms with Gasteiger partial charge < -0.3 is 10.6 Å². The SMILES string of the molecule is Cn1c(N2CCC3(CC2)Cc2ccccc2[C@H]3N)ncc(C#CCc2ccc3cn[nH]c3c2)c1=O. The maximum Gasteiger partial charge on any atom is 0.270 e. The number of hydrogen-bond donors (Lipinski definition) is 2. The molecule has 1 fully saturated rings. The molecule has 6 rings (SSSR count). The highest BCUT2D eigenvalue weighted by atomic mass is 16.1. The summed E-state index contributed by atoms with van der Waals surface area (Å²) in [6, 6.07) is 14.7. The van der Waals surface area contributed by atoms with Crippen molar-refractivity contribution in [2.24, 2.45) is 18.2 Å². The number of piperidine rings is 1. The fourth-order valence-corrected chi connectivity index (χ4v) is 5.71. The monoisotopic (exact) mass is 464 g/mol. The molecule has 7 heteroatoms. The Labute approximate surface area is 204 Å². The summed E-state index contributed by atoms with van der Waals surface area (Å²) < 4.78 is 1.63. The summed E-state index contributed by atoms with van der Waals surface area (Å²) >= 11 is 0. The molecule has 0 unspecified atom stereocenters. The first-order valence-corrected chi connectivity index (χ1v) is 12.1. The van der Waals surface area contributed by atoms with E-state index in [-0.39, 0.29) is 17.0 Å². The second-order valence-electron chi connectivity index (χ2n) is 9.81. The molecule has 0 bridgehead atoms. The van der Waals surface area contributed by atoms with E-state index in [1.54, 1.807) is 24.0 Å². The molecule has 1 atom stereocenters. The van der Waals surface area contributed by atoms with Gasteiger partial charge in [0.1, 0.15) is 5.56 Å². The zero-order chi connectivity index (χ0) is 24.0. The highest BCUT2D eigenvalue weighted by Gasteiger charge is 2.46. The number of aromatic nitrogens is 4. The van der Waals surface area contributed by atoms with E-state index in [9.17, 15) is 4.79 Å². The summed E-state index contributed by atoms with van der Waals surface area (Å²) in [5.41, 5.74) is 11.8. The van der Waals surface area contributed by atoms with Crippen LogP contribution in [-0.4, -0.2) is 32.8 Å². The van der Waals surface area contributed by atoms with Gasteiger partial charge in [0.25, 0.3) is 5.56 Å². The van der Waals surface area contributed by atoms with Crippen LogP contribution in [0, 0.1) is 17.3 Å². The predicted octanol–water partition coefficient (Wildman–Crippen LogP) is 3.09. The van der Waals surface area contributed by atoms with Gasteiger partial charge in [-0.1, -0.05) is 48.2 Å². The Kier molecular flexibility index (Phi) is 5.19. The van der Waals surface area contributed by atoms with E-state index >= 15 is 0 Å². The van der Waals surface area contributed by atoms with Crippen molar-refractivity contribution in [1.29, 1.82) is 0 Å². The number of fused-ring (bicyclic) bond motifs is 2. The molecule has 1 spiro atoms. The van der Waals surface area contributed by atoms with E-state index < -0.39 is 0 Å². The number of rotatable bonds is 2. The highest BCUT2D eigenvalue weighted by Crippen LogP contribution is 2.50. The standard InChI is InChI=1S/C28H28N6O/c1-33-26(35)22(7-4-5-19-9-10-21-18-31-32-24(21)15-19)17-30-27(33)34-13-11-28(12-14-34)16-20-6-2-3-8-23(20)25(28)29/h2-3,6,8-10,15,17-18,25H,5,11-14,16,29H2,1H3,(H,31,32)/t25-/m1/s1. The first kappa shape index (κ1) is 21.6. The van der Waals surface area contributed by atoms with Crippen LogP contribution in [0.2, 0.25) is 0 Å². The second-order valence-corrected chi connectivity index (χ2v) is 9.81. The van der Waals surface area contributed by atoms with Crippen molar-refractivity contribution in [2.75, 3.05) is 18.0 Å². The molecule has 4 aromatic rings. The third kappa shape index (κ3) is 3.71. The Hall–Kier alpha value is -3.89. The van der Waals surface area contributed by atoms with Crippen LogP contribution in [0.5, 0.6) is 0 Å². The van der Waals surface area contributed by atoms with Crippen LogP contribution in [0.15, 0.2) is 59.7 Å². The quantitative estimate of drug-likeness (QED) is 0.445. The summed E-state index contributed by atoms with van der Waals surface area (Å²) in [5.74, 6) is 6.84. The number of anilines is 1. The van der Waals surface area contributed by atoms with Gasteiger partial charge in [-0.05, 0) is 47.4 Å². The molecular formula is C28H28N6O. The molecule has 1 saturated heterocycles. The smallest absolute Gasteiger partial charge is 0.270 e. The lowest BCUT2D eigenvalue weighted by Crippen LogP contribution is -2.46. The summed E-state index contributed by atoms with van der Waals surface area (Å²) in [4.78, 5) is 19.9. The van der Waals surface area contributed by atoms with Crippen LogP contribution < -0.4 is 16.2 Å². The predicted molar refractivity (Wildman–Crippen MR) is 137 cm³/mol. The summed E-state index contributed by atoms with van der Waals surface area (Å²) in [5, 5.41) is 8.09. The number of benzene rings is 2. The first-order valence-electron chi connectivity index (χ1n) is 12.1. The summed E-state index contributed by atoms with van der Waals surface area (Å²) in [6.07, 6.45) is 6.97. The molecule has 2 aromatic carbocycles. The van der Waals surface area contributed by atoms with Crippen LogP contribution in [-0.2, 0) is 19.9 Å². The highest BCUT2D eigenvalue weighted by molar-refractivity contribution is 5.78. The van der Waals surface area contributed by atoms with Gasteiger partial charge in [0.15, 0.2) is 0 Å². The van der Waals surface area contributed by atoms with Crippen LogP contribution in [0.3, 0.4) is 0 Å². The Bertz CT molecular complexity index is 1530. The number of nitrogens with one attached hydrogen (secondary N) is 1. The lowest BCUT2D eigenvalue weighted by atomic mass is 9.73. The molecule has 3 heterocycles. The van der Waals surface area contributed by atoms with Crippen molar-refractivity contribution in [3.8, 4) is 11.8 Å². The Morgan fingerprint density at radius 1 is 1.17 bits per heavy atom. The third-order valence-corrected chi connectivity index (χ3v) is 7.80. The van der Waals surface area contributed by atoms with Gasteiger partial charge in [-0.3, -0.25) is 14.5 Å². The van der Waals surface area contributed by atoms with E-state index in [4.69, 9.17) is 5.73 Å². The van der Waals surface area contributed by atoms with E-state index in [1.165, 1.54) is 11.1 Å². The topological polar surface area (TPSA) is 92.8 Å². The Morgan fingerprint density at radius 3 is 2.83 bits per heavy atom. The van der Waals surface area contributed by atoms with Gasteiger partial charge in [0.05, 0.1) is 17.9 Å². The zero-order valence-corrected chi connectivity index (χ0v) is 19.8. The van der Waals surface area contributed by atoms with Gasteiger partial charge in [-0.25, -0.2) is 4.98 Å². The average molecular weight is 465 g/mol. The van der Waals surface area contributed by atoms with Crippen molar-refractivity contribution >= 4 is 16.9 Å². The van der Waals surface area contributed by atoms with Crippen molar-refractivity contribution in [3.05, 3.63) is 87.5 Å². The minimum Gasteiger partial charge on any atom is -0.342 e.